The Morgan fingerprint density at radius 3 is 2.32 bits per heavy atom. The highest BCUT2D eigenvalue weighted by Gasteiger charge is 2.31. The van der Waals surface area contributed by atoms with Crippen LogP contribution in [0.25, 0.3) is 11.4 Å². The van der Waals surface area contributed by atoms with Gasteiger partial charge in [0, 0.05) is 12.6 Å². The summed E-state index contributed by atoms with van der Waals surface area (Å²) in [6.07, 6.45) is 0.992. The molecule has 1 heterocycles. The standard InChI is InChI=1S/C21H23FN4O4S/c1-14-5-7-16(8-6-14)20-23-19(30-24-20)13-25(3)21(27)15(2)26(31(4,28)29)18-11-9-17(22)10-12-18/h5-12,15H,13H2,1-4H3/t15-/m0/s1. The molecule has 0 unspecified atom stereocenters. The summed E-state index contributed by atoms with van der Waals surface area (Å²) < 4.78 is 44.2. The molecule has 0 radical (unpaired) electrons. The number of carbonyl (C=O) groups excluding carboxylic acids is 1. The number of anilines is 1. The Labute approximate surface area is 180 Å². The first kappa shape index (κ1) is 22.4. The summed E-state index contributed by atoms with van der Waals surface area (Å²) in [5, 5.41) is 3.94. The van der Waals surface area contributed by atoms with Crippen LogP contribution in [0.4, 0.5) is 10.1 Å². The van der Waals surface area contributed by atoms with Crippen LogP contribution in [0.15, 0.2) is 53.1 Å². The molecule has 0 saturated heterocycles. The zero-order valence-electron chi connectivity index (χ0n) is 17.6. The maximum Gasteiger partial charge on any atom is 0.246 e. The van der Waals surface area contributed by atoms with Gasteiger partial charge in [0.1, 0.15) is 11.9 Å². The minimum absolute atomic E-state index is 0.00303. The van der Waals surface area contributed by atoms with E-state index < -0.39 is 27.8 Å². The number of likely N-dealkylation sites (N-methyl/N-ethyl adjacent to an activating group) is 1. The molecule has 1 amide bonds. The molecule has 0 saturated carbocycles. The van der Waals surface area contributed by atoms with Crippen LogP contribution in [0, 0.1) is 12.7 Å². The van der Waals surface area contributed by atoms with E-state index in [1.54, 1.807) is 0 Å². The summed E-state index contributed by atoms with van der Waals surface area (Å²) in [6, 6.07) is 11.4. The zero-order chi connectivity index (χ0) is 22.8. The van der Waals surface area contributed by atoms with Gasteiger partial charge in [-0.05, 0) is 38.1 Å². The number of aryl methyl sites for hydroxylation is 1. The summed E-state index contributed by atoms with van der Waals surface area (Å²) in [5.74, 6) is -0.377. The van der Waals surface area contributed by atoms with Crippen molar-refractivity contribution in [2.75, 3.05) is 17.6 Å². The first-order valence-electron chi connectivity index (χ1n) is 9.46. The van der Waals surface area contributed by atoms with E-state index in [1.807, 2.05) is 31.2 Å². The zero-order valence-corrected chi connectivity index (χ0v) is 18.4. The van der Waals surface area contributed by atoms with Gasteiger partial charge in [-0.2, -0.15) is 4.98 Å². The Balaban J connectivity index is 1.76. The molecule has 3 rings (SSSR count). The fraction of sp³-hybridized carbons (Fsp3) is 0.286. The van der Waals surface area contributed by atoms with Gasteiger partial charge in [0.05, 0.1) is 18.5 Å². The van der Waals surface area contributed by atoms with Gasteiger partial charge < -0.3 is 9.42 Å². The lowest BCUT2D eigenvalue weighted by Crippen LogP contribution is -2.48. The average molecular weight is 447 g/mol. The van der Waals surface area contributed by atoms with Gasteiger partial charge in [-0.1, -0.05) is 35.0 Å². The SMILES string of the molecule is Cc1ccc(-c2noc(CN(C)C(=O)[C@H](C)N(c3ccc(F)cc3)S(C)(=O)=O)n2)cc1. The van der Waals surface area contributed by atoms with Crippen LogP contribution in [-0.4, -0.2) is 48.7 Å². The monoisotopic (exact) mass is 446 g/mol. The third-order valence-corrected chi connectivity index (χ3v) is 5.92. The molecule has 0 aliphatic heterocycles. The summed E-state index contributed by atoms with van der Waals surface area (Å²) >= 11 is 0. The van der Waals surface area contributed by atoms with Crippen LogP contribution in [0.3, 0.4) is 0 Å². The molecule has 0 bridgehead atoms. The van der Waals surface area contributed by atoms with Crippen LogP contribution >= 0.6 is 0 Å². The lowest BCUT2D eigenvalue weighted by atomic mass is 10.1. The van der Waals surface area contributed by atoms with Crippen molar-refractivity contribution in [2.45, 2.75) is 26.4 Å². The maximum atomic E-state index is 13.3. The highest BCUT2D eigenvalue weighted by atomic mass is 32.2. The number of hydrogen-bond donors (Lipinski definition) is 0. The quantitative estimate of drug-likeness (QED) is 0.554. The molecule has 10 heteroatoms. The molecule has 0 fully saturated rings. The van der Waals surface area contributed by atoms with E-state index in [-0.39, 0.29) is 18.1 Å². The van der Waals surface area contributed by atoms with E-state index in [9.17, 15) is 17.6 Å². The van der Waals surface area contributed by atoms with Crippen LogP contribution in [0.1, 0.15) is 18.4 Å². The molecule has 164 valence electrons. The van der Waals surface area contributed by atoms with Gasteiger partial charge >= 0.3 is 0 Å². The maximum absolute atomic E-state index is 13.3. The molecular weight excluding hydrogens is 423 g/mol. The van der Waals surface area contributed by atoms with Crippen molar-refractivity contribution in [1.82, 2.24) is 15.0 Å². The summed E-state index contributed by atoms with van der Waals surface area (Å²) in [4.78, 5) is 18.6. The second kappa shape index (κ2) is 8.84. The molecule has 2 aromatic carbocycles. The molecule has 0 aliphatic rings. The Kier molecular flexibility index (Phi) is 6.40. The van der Waals surface area contributed by atoms with E-state index in [1.165, 1.54) is 31.0 Å². The number of aromatic nitrogens is 2. The largest absolute Gasteiger partial charge is 0.337 e. The van der Waals surface area contributed by atoms with Gasteiger partial charge in [0.2, 0.25) is 27.6 Å². The second-order valence-corrected chi connectivity index (χ2v) is 9.14. The molecule has 1 aromatic heterocycles. The third-order valence-electron chi connectivity index (χ3n) is 4.67. The first-order chi connectivity index (χ1) is 14.6. The normalized spacial score (nSPS) is 12.4. The lowest BCUT2D eigenvalue weighted by Gasteiger charge is -2.30. The fourth-order valence-electron chi connectivity index (χ4n) is 3.13. The Morgan fingerprint density at radius 1 is 1.13 bits per heavy atom. The van der Waals surface area contributed by atoms with E-state index in [0.717, 1.165) is 33.8 Å². The lowest BCUT2D eigenvalue weighted by molar-refractivity contribution is -0.131. The van der Waals surface area contributed by atoms with Crippen molar-refractivity contribution in [3.63, 3.8) is 0 Å². The van der Waals surface area contributed by atoms with E-state index >= 15 is 0 Å². The molecule has 31 heavy (non-hydrogen) atoms. The number of amides is 1. The smallest absolute Gasteiger partial charge is 0.246 e. The number of rotatable bonds is 7. The van der Waals surface area contributed by atoms with Crippen LogP contribution in [-0.2, 0) is 21.4 Å². The molecule has 0 aliphatic carbocycles. The van der Waals surface area contributed by atoms with E-state index in [4.69, 9.17) is 4.52 Å². The van der Waals surface area contributed by atoms with E-state index in [2.05, 4.69) is 10.1 Å². The van der Waals surface area contributed by atoms with Crippen LogP contribution in [0.2, 0.25) is 0 Å². The van der Waals surface area contributed by atoms with Gasteiger partial charge in [-0.15, -0.1) is 0 Å². The van der Waals surface area contributed by atoms with Crippen molar-refractivity contribution < 1.29 is 22.1 Å². The molecule has 3 aromatic rings. The van der Waals surface area contributed by atoms with Gasteiger partial charge in [0.25, 0.3) is 0 Å². The summed E-state index contributed by atoms with van der Waals surface area (Å²) in [7, 11) is -2.29. The molecular formula is C21H23FN4O4S. The van der Waals surface area contributed by atoms with Gasteiger partial charge in [0.15, 0.2) is 0 Å². The van der Waals surface area contributed by atoms with Crippen LogP contribution in [0.5, 0.6) is 0 Å². The number of benzene rings is 2. The van der Waals surface area contributed by atoms with Crippen molar-refractivity contribution in [2.24, 2.45) is 0 Å². The van der Waals surface area contributed by atoms with Crippen molar-refractivity contribution in [3.8, 4) is 11.4 Å². The number of nitrogens with zero attached hydrogens (tertiary/aromatic N) is 4. The Morgan fingerprint density at radius 2 is 1.74 bits per heavy atom. The second-order valence-electron chi connectivity index (χ2n) is 7.28. The minimum Gasteiger partial charge on any atom is -0.337 e. The molecule has 0 spiro atoms. The number of halogens is 1. The number of sulfonamides is 1. The van der Waals surface area contributed by atoms with Crippen molar-refractivity contribution >= 4 is 21.6 Å². The number of hydrogen-bond acceptors (Lipinski definition) is 6. The Bertz CT molecular complexity index is 1160. The predicted octanol–water partition coefficient (Wildman–Crippen LogP) is 3.00. The molecule has 0 N–H and O–H groups in total. The fourth-order valence-corrected chi connectivity index (χ4v) is 4.30. The van der Waals surface area contributed by atoms with E-state index in [0.29, 0.717) is 5.82 Å². The molecule has 8 nitrogen and oxygen atoms in total. The van der Waals surface area contributed by atoms with Crippen molar-refractivity contribution in [3.05, 3.63) is 65.8 Å². The first-order valence-corrected chi connectivity index (χ1v) is 11.3. The predicted molar refractivity (Wildman–Crippen MR) is 114 cm³/mol. The van der Waals surface area contributed by atoms with Gasteiger partial charge in [-0.25, -0.2) is 12.8 Å². The third kappa shape index (κ3) is 5.26. The summed E-state index contributed by atoms with van der Waals surface area (Å²) in [5.41, 5.74) is 2.07. The average Bonchev–Trinajstić information content (AvgIpc) is 3.17. The highest BCUT2D eigenvalue weighted by molar-refractivity contribution is 7.92. The van der Waals surface area contributed by atoms with Crippen molar-refractivity contribution in [1.29, 1.82) is 0 Å². The Hall–Kier alpha value is -3.27. The minimum atomic E-state index is -3.80. The summed E-state index contributed by atoms with van der Waals surface area (Å²) in [6.45, 7) is 3.44. The highest BCUT2D eigenvalue weighted by Crippen LogP contribution is 2.22. The van der Waals surface area contributed by atoms with Gasteiger partial charge in [-0.3, -0.25) is 9.10 Å². The molecule has 1 atom stereocenters. The van der Waals surface area contributed by atoms with Crippen LogP contribution < -0.4 is 4.31 Å². The number of carbonyl (C=O) groups is 1. The topological polar surface area (TPSA) is 96.6 Å².